The molecule has 7 nitrogen and oxygen atoms in total. The number of rotatable bonds is 4. The maximum absolute atomic E-state index is 13.5. The van der Waals surface area contributed by atoms with Crippen LogP contribution < -0.4 is 9.46 Å². The lowest BCUT2D eigenvalue weighted by Gasteiger charge is -2.08. The van der Waals surface area contributed by atoms with Gasteiger partial charge in [-0.1, -0.05) is 0 Å². The Bertz CT molecular complexity index is 736. The molecule has 0 saturated heterocycles. The van der Waals surface area contributed by atoms with Gasteiger partial charge in [0.15, 0.2) is 5.82 Å². The van der Waals surface area contributed by atoms with Crippen LogP contribution in [0.1, 0.15) is 5.69 Å². The molecule has 0 saturated carbocycles. The standard InChI is InChI=1S/C11H11FN4O3S/c1-7-6-9(19-2)15-11(14-7)16-20(17,18)10-8(12)4-3-5-13-10/h3-6H,1-2H3,(H,14,15,16). The molecular formula is C11H11FN4O3S. The van der Waals surface area contributed by atoms with Crippen LogP contribution in [0.25, 0.3) is 0 Å². The first kappa shape index (κ1) is 14.1. The third kappa shape index (κ3) is 2.99. The lowest BCUT2D eigenvalue weighted by atomic mass is 10.4. The molecule has 20 heavy (non-hydrogen) atoms. The van der Waals surface area contributed by atoms with Gasteiger partial charge in [-0.05, 0) is 19.1 Å². The summed E-state index contributed by atoms with van der Waals surface area (Å²) in [4.78, 5) is 11.2. The van der Waals surface area contributed by atoms with E-state index in [4.69, 9.17) is 4.74 Å². The fourth-order valence-electron chi connectivity index (χ4n) is 1.43. The molecule has 0 unspecified atom stereocenters. The van der Waals surface area contributed by atoms with Crippen LogP contribution in [0.15, 0.2) is 29.4 Å². The molecule has 106 valence electrons. The monoisotopic (exact) mass is 298 g/mol. The molecule has 9 heteroatoms. The lowest BCUT2D eigenvalue weighted by Crippen LogP contribution is -2.18. The Hall–Kier alpha value is -2.29. The maximum atomic E-state index is 13.5. The molecule has 0 aliphatic heterocycles. The molecule has 0 atom stereocenters. The number of sulfonamides is 1. The van der Waals surface area contributed by atoms with E-state index in [2.05, 4.69) is 19.7 Å². The van der Waals surface area contributed by atoms with E-state index in [1.54, 1.807) is 6.92 Å². The second-order valence-electron chi connectivity index (χ2n) is 3.77. The summed E-state index contributed by atoms with van der Waals surface area (Å²) >= 11 is 0. The minimum Gasteiger partial charge on any atom is -0.481 e. The Morgan fingerprint density at radius 1 is 1.35 bits per heavy atom. The predicted octanol–water partition coefficient (Wildman–Crippen LogP) is 1.13. The minimum absolute atomic E-state index is 0.191. The van der Waals surface area contributed by atoms with Crippen LogP contribution in [-0.4, -0.2) is 30.5 Å². The fraction of sp³-hybridized carbons (Fsp3) is 0.182. The van der Waals surface area contributed by atoms with Crippen molar-refractivity contribution in [2.24, 2.45) is 0 Å². The highest BCUT2D eigenvalue weighted by molar-refractivity contribution is 7.92. The predicted molar refractivity (Wildman–Crippen MR) is 68.3 cm³/mol. The second-order valence-corrected chi connectivity index (χ2v) is 5.37. The van der Waals surface area contributed by atoms with E-state index in [0.717, 1.165) is 6.07 Å². The topological polar surface area (TPSA) is 94.1 Å². The first-order valence-electron chi connectivity index (χ1n) is 5.45. The van der Waals surface area contributed by atoms with Gasteiger partial charge in [0.1, 0.15) is 0 Å². The lowest BCUT2D eigenvalue weighted by molar-refractivity contribution is 0.397. The van der Waals surface area contributed by atoms with Crippen LogP contribution in [0.2, 0.25) is 0 Å². The molecule has 2 rings (SSSR count). The molecule has 0 aliphatic carbocycles. The highest BCUT2D eigenvalue weighted by Crippen LogP contribution is 2.16. The third-order valence-electron chi connectivity index (χ3n) is 2.24. The molecule has 0 aromatic carbocycles. The molecule has 0 spiro atoms. The van der Waals surface area contributed by atoms with Gasteiger partial charge in [0, 0.05) is 18.0 Å². The Morgan fingerprint density at radius 3 is 2.75 bits per heavy atom. The van der Waals surface area contributed by atoms with Gasteiger partial charge in [-0.3, -0.25) is 0 Å². The van der Waals surface area contributed by atoms with Gasteiger partial charge in [0.2, 0.25) is 16.9 Å². The molecule has 0 radical (unpaired) electrons. The zero-order valence-corrected chi connectivity index (χ0v) is 11.5. The van der Waals surface area contributed by atoms with E-state index >= 15 is 0 Å². The van der Waals surface area contributed by atoms with Gasteiger partial charge in [-0.2, -0.15) is 13.4 Å². The van der Waals surface area contributed by atoms with Crippen LogP contribution >= 0.6 is 0 Å². The molecule has 0 aliphatic rings. The largest absolute Gasteiger partial charge is 0.481 e. The van der Waals surface area contributed by atoms with Crippen LogP contribution in [0.3, 0.4) is 0 Å². The van der Waals surface area contributed by atoms with Gasteiger partial charge in [0.05, 0.1) is 7.11 Å². The van der Waals surface area contributed by atoms with Gasteiger partial charge >= 0.3 is 0 Å². The fourth-order valence-corrected chi connectivity index (χ4v) is 2.38. The van der Waals surface area contributed by atoms with Gasteiger partial charge in [0.25, 0.3) is 10.0 Å². The maximum Gasteiger partial charge on any atom is 0.284 e. The number of hydrogen-bond donors (Lipinski definition) is 1. The van der Waals surface area contributed by atoms with E-state index in [1.165, 1.54) is 25.4 Å². The first-order valence-corrected chi connectivity index (χ1v) is 6.94. The van der Waals surface area contributed by atoms with Gasteiger partial charge < -0.3 is 4.74 Å². The Morgan fingerprint density at radius 2 is 2.10 bits per heavy atom. The highest BCUT2D eigenvalue weighted by atomic mass is 32.2. The number of nitrogens with one attached hydrogen (secondary N) is 1. The van der Waals surface area contributed by atoms with Crippen molar-refractivity contribution < 1.29 is 17.5 Å². The summed E-state index contributed by atoms with van der Waals surface area (Å²) in [6.07, 6.45) is 1.18. The molecule has 0 amide bonds. The summed E-state index contributed by atoms with van der Waals surface area (Å²) in [5.41, 5.74) is 0.496. The highest BCUT2D eigenvalue weighted by Gasteiger charge is 2.22. The summed E-state index contributed by atoms with van der Waals surface area (Å²) < 4.78 is 44.4. The number of pyridine rings is 1. The van der Waals surface area contributed by atoms with Gasteiger partial charge in [-0.15, -0.1) is 0 Å². The number of halogens is 1. The van der Waals surface area contributed by atoms with Crippen molar-refractivity contribution in [3.63, 3.8) is 0 Å². The number of anilines is 1. The van der Waals surface area contributed by atoms with Crippen molar-refractivity contribution in [2.45, 2.75) is 11.9 Å². The summed E-state index contributed by atoms with van der Waals surface area (Å²) in [7, 11) is -2.82. The summed E-state index contributed by atoms with van der Waals surface area (Å²) in [5.74, 6) is -0.983. The second kappa shape index (κ2) is 5.37. The Balaban J connectivity index is 2.38. The van der Waals surface area contributed by atoms with E-state index in [1.807, 2.05) is 0 Å². The summed E-state index contributed by atoms with van der Waals surface area (Å²) in [6, 6.07) is 3.82. The molecular weight excluding hydrogens is 287 g/mol. The average Bonchev–Trinajstić information content (AvgIpc) is 2.37. The van der Waals surface area contributed by atoms with Crippen LogP contribution in [0.4, 0.5) is 10.3 Å². The van der Waals surface area contributed by atoms with Crippen LogP contribution in [0, 0.1) is 12.7 Å². The number of ether oxygens (including phenoxy) is 1. The number of nitrogens with zero attached hydrogens (tertiary/aromatic N) is 3. The normalized spacial score (nSPS) is 11.2. The van der Waals surface area contributed by atoms with Crippen molar-refractivity contribution in [3.8, 4) is 5.88 Å². The number of hydrogen-bond acceptors (Lipinski definition) is 6. The minimum atomic E-state index is -4.20. The molecule has 0 fully saturated rings. The van der Waals surface area contributed by atoms with Crippen molar-refractivity contribution >= 4 is 16.0 Å². The first-order chi connectivity index (χ1) is 9.42. The molecule has 2 aromatic rings. The Kier molecular flexibility index (Phi) is 3.79. The van der Waals surface area contributed by atoms with E-state index in [9.17, 15) is 12.8 Å². The average molecular weight is 298 g/mol. The van der Waals surface area contributed by atoms with Crippen molar-refractivity contribution in [2.75, 3.05) is 11.8 Å². The van der Waals surface area contributed by atoms with Crippen LogP contribution in [0.5, 0.6) is 5.88 Å². The number of methoxy groups -OCH3 is 1. The van der Waals surface area contributed by atoms with Crippen molar-refractivity contribution in [3.05, 3.63) is 35.9 Å². The number of aryl methyl sites for hydroxylation is 1. The third-order valence-corrected chi connectivity index (χ3v) is 3.51. The van der Waals surface area contributed by atoms with Crippen molar-refractivity contribution in [1.82, 2.24) is 15.0 Å². The van der Waals surface area contributed by atoms with Crippen molar-refractivity contribution in [1.29, 1.82) is 0 Å². The molecule has 2 aromatic heterocycles. The summed E-state index contributed by atoms with van der Waals surface area (Å²) in [5, 5.41) is -0.718. The number of aromatic nitrogens is 3. The van der Waals surface area contributed by atoms with Crippen LogP contribution in [-0.2, 0) is 10.0 Å². The zero-order valence-electron chi connectivity index (χ0n) is 10.7. The van der Waals surface area contributed by atoms with E-state index in [0.29, 0.717) is 5.69 Å². The van der Waals surface area contributed by atoms with E-state index < -0.39 is 20.9 Å². The SMILES string of the molecule is COc1cc(C)nc(NS(=O)(=O)c2ncccc2F)n1. The molecule has 2 heterocycles. The van der Waals surface area contributed by atoms with E-state index in [-0.39, 0.29) is 11.8 Å². The molecule has 0 bridgehead atoms. The smallest absolute Gasteiger partial charge is 0.284 e. The quantitative estimate of drug-likeness (QED) is 0.909. The molecule has 1 N–H and O–H groups in total. The van der Waals surface area contributed by atoms with Gasteiger partial charge in [-0.25, -0.2) is 19.1 Å². The summed E-state index contributed by atoms with van der Waals surface area (Å²) in [6.45, 7) is 1.64. The zero-order chi connectivity index (χ0) is 14.8. The Labute approximate surface area is 114 Å².